The molecule has 0 aliphatic heterocycles. The van der Waals surface area contributed by atoms with Gasteiger partial charge in [0.1, 0.15) is 0 Å². The summed E-state index contributed by atoms with van der Waals surface area (Å²) in [6.45, 7) is 2.04. The van der Waals surface area contributed by atoms with Crippen LogP contribution in [0.5, 0.6) is 0 Å². The maximum Gasteiger partial charge on any atom is 0.168 e. The molecule has 0 heterocycles. The summed E-state index contributed by atoms with van der Waals surface area (Å²) in [7, 11) is 0. The Morgan fingerprint density at radius 3 is 2.33 bits per heavy atom. The molecule has 0 spiro atoms. The lowest BCUT2D eigenvalue weighted by molar-refractivity contribution is -0.0432. The third-order valence-corrected chi connectivity index (χ3v) is 1.60. The van der Waals surface area contributed by atoms with Crippen molar-refractivity contribution in [3.05, 3.63) is 0 Å². The largest absolute Gasteiger partial charge is 0.367 e. The normalized spacial score (nSPS) is 14.3. The Labute approximate surface area is 60.5 Å². The van der Waals surface area contributed by atoms with Gasteiger partial charge in [-0.2, -0.15) is 0 Å². The lowest BCUT2D eigenvalue weighted by atomic mass is 10.2. The highest BCUT2D eigenvalue weighted by molar-refractivity contribution is 6.20. The van der Waals surface area contributed by atoms with E-state index in [4.69, 9.17) is 21.8 Å². The Bertz CT molecular complexity index is 66.1. The zero-order valence-electron chi connectivity index (χ0n) is 5.55. The van der Waals surface area contributed by atoms with Gasteiger partial charge in [0.15, 0.2) is 6.29 Å². The zero-order chi connectivity index (χ0) is 7.28. The van der Waals surface area contributed by atoms with Crippen LogP contribution in [0.15, 0.2) is 0 Å². The van der Waals surface area contributed by atoms with Crippen molar-refractivity contribution in [3.8, 4) is 0 Å². The monoisotopic (exact) mass is 152 g/mol. The molecule has 2 N–H and O–H groups in total. The maximum absolute atomic E-state index is 8.47. The smallest absolute Gasteiger partial charge is 0.168 e. The van der Waals surface area contributed by atoms with Gasteiger partial charge in [-0.05, 0) is 6.42 Å². The summed E-state index contributed by atoms with van der Waals surface area (Å²) in [5.74, 6) is 0. The summed E-state index contributed by atoms with van der Waals surface area (Å²) in [6.07, 6.45) is 1.30. The number of rotatable bonds is 4. The standard InChI is InChI=1S/C6H13ClO2/c1-2-3-4-5(7)6(8)9/h5-6,8-9H,2-4H2,1H3. The molecule has 0 saturated heterocycles. The van der Waals surface area contributed by atoms with Crippen molar-refractivity contribution in [3.63, 3.8) is 0 Å². The van der Waals surface area contributed by atoms with Crippen molar-refractivity contribution in [1.29, 1.82) is 0 Å². The van der Waals surface area contributed by atoms with Crippen LogP contribution >= 0.6 is 11.6 Å². The minimum atomic E-state index is -1.36. The van der Waals surface area contributed by atoms with E-state index in [1.165, 1.54) is 0 Å². The van der Waals surface area contributed by atoms with Crippen LogP contribution < -0.4 is 0 Å². The number of unbranched alkanes of at least 4 members (excludes halogenated alkanes) is 1. The summed E-state index contributed by atoms with van der Waals surface area (Å²) in [5, 5.41) is 16.4. The second-order valence-electron chi connectivity index (χ2n) is 2.07. The fourth-order valence-electron chi connectivity index (χ4n) is 0.548. The molecule has 56 valence electrons. The highest BCUT2D eigenvalue weighted by atomic mass is 35.5. The second kappa shape index (κ2) is 5.03. The van der Waals surface area contributed by atoms with Crippen LogP contribution in [0.1, 0.15) is 26.2 Å². The Morgan fingerprint density at radius 1 is 1.44 bits per heavy atom. The molecule has 9 heavy (non-hydrogen) atoms. The van der Waals surface area contributed by atoms with E-state index in [1.54, 1.807) is 0 Å². The van der Waals surface area contributed by atoms with E-state index < -0.39 is 11.7 Å². The average molecular weight is 153 g/mol. The molecule has 0 aliphatic carbocycles. The SMILES string of the molecule is CCCCC(Cl)C(O)O. The molecule has 0 saturated carbocycles. The third kappa shape index (κ3) is 4.70. The van der Waals surface area contributed by atoms with E-state index in [9.17, 15) is 0 Å². The fraction of sp³-hybridized carbons (Fsp3) is 1.00. The Balaban J connectivity index is 3.16. The minimum absolute atomic E-state index is 0.495. The summed E-state index contributed by atoms with van der Waals surface area (Å²) in [6, 6.07) is 0. The van der Waals surface area contributed by atoms with Crippen molar-refractivity contribution in [1.82, 2.24) is 0 Å². The van der Waals surface area contributed by atoms with Gasteiger partial charge < -0.3 is 10.2 Å². The van der Waals surface area contributed by atoms with E-state index in [0.717, 1.165) is 12.8 Å². The van der Waals surface area contributed by atoms with Gasteiger partial charge in [0.2, 0.25) is 0 Å². The first-order valence-electron chi connectivity index (χ1n) is 3.18. The molecule has 0 aromatic rings. The minimum Gasteiger partial charge on any atom is -0.367 e. The second-order valence-corrected chi connectivity index (χ2v) is 2.63. The molecule has 3 heteroatoms. The van der Waals surface area contributed by atoms with E-state index in [2.05, 4.69) is 0 Å². The van der Waals surface area contributed by atoms with Crippen molar-refractivity contribution >= 4 is 11.6 Å². The topological polar surface area (TPSA) is 40.5 Å². The highest BCUT2D eigenvalue weighted by Crippen LogP contribution is 2.09. The molecule has 0 amide bonds. The van der Waals surface area contributed by atoms with Crippen LogP contribution in [0, 0.1) is 0 Å². The number of aliphatic hydroxyl groups is 2. The van der Waals surface area contributed by atoms with Crippen LogP contribution in [-0.2, 0) is 0 Å². The number of halogens is 1. The summed E-state index contributed by atoms with van der Waals surface area (Å²) >= 11 is 5.49. The summed E-state index contributed by atoms with van der Waals surface area (Å²) < 4.78 is 0. The lowest BCUT2D eigenvalue weighted by Gasteiger charge is -2.09. The van der Waals surface area contributed by atoms with Crippen molar-refractivity contribution in [2.45, 2.75) is 37.9 Å². The Morgan fingerprint density at radius 2 is 2.00 bits per heavy atom. The number of hydrogen-bond donors (Lipinski definition) is 2. The van der Waals surface area contributed by atoms with E-state index in [-0.39, 0.29) is 0 Å². The molecule has 0 radical (unpaired) electrons. The summed E-state index contributed by atoms with van der Waals surface area (Å²) in [5.41, 5.74) is 0. The predicted octanol–water partition coefficient (Wildman–Crippen LogP) is 1.09. The molecular formula is C6H13ClO2. The van der Waals surface area contributed by atoms with Gasteiger partial charge in [0, 0.05) is 0 Å². The molecule has 0 bridgehead atoms. The Kier molecular flexibility index (Phi) is 5.15. The van der Waals surface area contributed by atoms with E-state index in [1.807, 2.05) is 6.92 Å². The van der Waals surface area contributed by atoms with Crippen molar-refractivity contribution in [2.75, 3.05) is 0 Å². The fourth-order valence-corrected chi connectivity index (χ4v) is 0.703. The Hall–Kier alpha value is 0.210. The van der Waals surface area contributed by atoms with Crippen molar-refractivity contribution in [2.24, 2.45) is 0 Å². The lowest BCUT2D eigenvalue weighted by Crippen LogP contribution is -2.19. The van der Waals surface area contributed by atoms with Crippen LogP contribution in [0.3, 0.4) is 0 Å². The quantitative estimate of drug-likeness (QED) is 0.468. The highest BCUT2D eigenvalue weighted by Gasteiger charge is 2.10. The van der Waals surface area contributed by atoms with Gasteiger partial charge in [-0.1, -0.05) is 19.8 Å². The number of alkyl halides is 1. The number of hydrogen-bond acceptors (Lipinski definition) is 2. The van der Waals surface area contributed by atoms with E-state index in [0.29, 0.717) is 6.42 Å². The maximum atomic E-state index is 8.47. The van der Waals surface area contributed by atoms with Gasteiger partial charge in [-0.15, -0.1) is 11.6 Å². The van der Waals surface area contributed by atoms with E-state index >= 15 is 0 Å². The number of aliphatic hydroxyl groups excluding tert-OH is 1. The average Bonchev–Trinajstić information content (AvgIpc) is 1.82. The first-order valence-corrected chi connectivity index (χ1v) is 3.62. The molecule has 0 aromatic carbocycles. The molecule has 0 aliphatic rings. The van der Waals surface area contributed by atoms with Crippen LogP contribution in [0.4, 0.5) is 0 Å². The van der Waals surface area contributed by atoms with Gasteiger partial charge in [-0.25, -0.2) is 0 Å². The molecule has 0 fully saturated rings. The molecular weight excluding hydrogens is 140 g/mol. The van der Waals surface area contributed by atoms with Gasteiger partial charge in [0.25, 0.3) is 0 Å². The van der Waals surface area contributed by atoms with Crippen molar-refractivity contribution < 1.29 is 10.2 Å². The molecule has 1 atom stereocenters. The molecule has 0 rings (SSSR count). The van der Waals surface area contributed by atoms with Gasteiger partial charge in [0.05, 0.1) is 5.38 Å². The van der Waals surface area contributed by atoms with Crippen LogP contribution in [0.25, 0.3) is 0 Å². The zero-order valence-corrected chi connectivity index (χ0v) is 6.30. The third-order valence-electron chi connectivity index (χ3n) is 1.16. The first kappa shape index (κ1) is 9.21. The predicted molar refractivity (Wildman–Crippen MR) is 37.4 cm³/mol. The summed E-state index contributed by atoms with van der Waals surface area (Å²) in [4.78, 5) is 0. The van der Waals surface area contributed by atoms with Gasteiger partial charge >= 0.3 is 0 Å². The first-order chi connectivity index (χ1) is 4.18. The molecule has 1 unspecified atom stereocenters. The van der Waals surface area contributed by atoms with Crippen LogP contribution in [-0.4, -0.2) is 21.9 Å². The molecule has 0 aromatic heterocycles. The van der Waals surface area contributed by atoms with Crippen LogP contribution in [0.2, 0.25) is 0 Å². The van der Waals surface area contributed by atoms with Gasteiger partial charge in [-0.3, -0.25) is 0 Å². The molecule has 2 nitrogen and oxygen atoms in total.